The minimum Gasteiger partial charge on any atom is -0.480 e. The molecule has 2 atom stereocenters. The fourth-order valence-corrected chi connectivity index (χ4v) is 3.08. The molecule has 1 aromatic carbocycles. The van der Waals surface area contributed by atoms with Crippen LogP contribution in [0.3, 0.4) is 0 Å². The maximum Gasteiger partial charge on any atom is 0.325 e. The topological polar surface area (TPSA) is 96.1 Å². The van der Waals surface area contributed by atoms with Crippen LogP contribution in [0, 0.1) is 5.82 Å². The van der Waals surface area contributed by atoms with Crippen molar-refractivity contribution < 1.29 is 23.8 Å². The van der Waals surface area contributed by atoms with E-state index in [4.69, 9.17) is 10.5 Å². The smallest absolute Gasteiger partial charge is 0.325 e. The molecule has 1 aliphatic rings. The van der Waals surface area contributed by atoms with Gasteiger partial charge in [0, 0.05) is 32.7 Å². The number of ether oxygens (including phenoxy) is 1. The molecule has 0 bridgehead atoms. The van der Waals surface area contributed by atoms with Gasteiger partial charge < -0.3 is 15.6 Å². The Kier molecular flexibility index (Phi) is 6.91. The first kappa shape index (κ1) is 21.3. The molecule has 0 spiro atoms. The summed E-state index contributed by atoms with van der Waals surface area (Å²) >= 11 is 0. The van der Waals surface area contributed by atoms with Gasteiger partial charge in [-0.3, -0.25) is 19.4 Å². The molecule has 7 nitrogen and oxygen atoms in total. The SMILES string of the molecule is CC(C)(C)OC(=O)C(N)C(C(=O)O)N1CCN(Cc2ccc(F)cc2)CC1. The Hall–Kier alpha value is -2.03. The number of carbonyl (C=O) groups is 2. The zero-order valence-corrected chi connectivity index (χ0v) is 16.0. The zero-order chi connectivity index (χ0) is 20.2. The number of carbonyl (C=O) groups excluding carboxylic acids is 1. The van der Waals surface area contributed by atoms with E-state index in [1.54, 1.807) is 37.8 Å². The van der Waals surface area contributed by atoms with Gasteiger partial charge in [0.15, 0.2) is 0 Å². The van der Waals surface area contributed by atoms with Gasteiger partial charge in [-0.05, 0) is 38.5 Å². The van der Waals surface area contributed by atoms with Crippen LogP contribution in [0.25, 0.3) is 0 Å². The van der Waals surface area contributed by atoms with Crippen molar-refractivity contribution in [3.63, 3.8) is 0 Å². The molecular weight excluding hydrogens is 353 g/mol. The van der Waals surface area contributed by atoms with Crippen LogP contribution < -0.4 is 5.73 Å². The van der Waals surface area contributed by atoms with Crippen LogP contribution in [0.1, 0.15) is 26.3 Å². The van der Waals surface area contributed by atoms with Crippen LogP contribution >= 0.6 is 0 Å². The van der Waals surface area contributed by atoms with Gasteiger partial charge in [0.2, 0.25) is 0 Å². The molecule has 2 rings (SSSR count). The van der Waals surface area contributed by atoms with E-state index in [1.807, 2.05) is 0 Å². The summed E-state index contributed by atoms with van der Waals surface area (Å²) in [5.74, 6) is -2.13. The Bertz CT molecular complexity index is 652. The number of halogens is 1. The normalized spacial score (nSPS) is 18.7. The van der Waals surface area contributed by atoms with Gasteiger partial charge in [-0.15, -0.1) is 0 Å². The maximum atomic E-state index is 13.0. The molecule has 1 fully saturated rings. The number of aliphatic carboxylic acids is 1. The number of hydrogen-bond acceptors (Lipinski definition) is 6. The number of esters is 1. The van der Waals surface area contributed by atoms with Crippen LogP contribution in [0.15, 0.2) is 24.3 Å². The molecule has 1 saturated heterocycles. The Balaban J connectivity index is 1.95. The molecule has 1 aliphatic heterocycles. The molecular formula is C19H28FN3O4. The fraction of sp³-hybridized carbons (Fsp3) is 0.579. The van der Waals surface area contributed by atoms with Crippen molar-refractivity contribution in [1.82, 2.24) is 9.80 Å². The van der Waals surface area contributed by atoms with Gasteiger partial charge in [0.1, 0.15) is 23.5 Å². The average Bonchev–Trinajstić information content (AvgIpc) is 2.57. The Morgan fingerprint density at radius 1 is 1.19 bits per heavy atom. The van der Waals surface area contributed by atoms with E-state index in [-0.39, 0.29) is 5.82 Å². The minimum atomic E-state index is -1.26. The van der Waals surface area contributed by atoms with Crippen LogP contribution in [-0.4, -0.2) is 70.7 Å². The van der Waals surface area contributed by atoms with Gasteiger partial charge in [0.05, 0.1) is 0 Å². The highest BCUT2D eigenvalue weighted by Gasteiger charge is 2.39. The molecule has 1 heterocycles. The first-order chi connectivity index (χ1) is 12.6. The molecule has 0 aliphatic carbocycles. The second-order valence-electron chi connectivity index (χ2n) is 7.78. The monoisotopic (exact) mass is 381 g/mol. The molecule has 3 N–H and O–H groups in total. The predicted molar refractivity (Wildman–Crippen MR) is 98.5 cm³/mol. The molecule has 2 unspecified atom stereocenters. The van der Waals surface area contributed by atoms with E-state index in [2.05, 4.69) is 4.90 Å². The molecule has 8 heteroatoms. The van der Waals surface area contributed by atoms with E-state index in [0.717, 1.165) is 5.56 Å². The third kappa shape index (κ3) is 6.27. The summed E-state index contributed by atoms with van der Waals surface area (Å²) in [6.45, 7) is 7.97. The van der Waals surface area contributed by atoms with E-state index in [0.29, 0.717) is 32.7 Å². The third-order valence-electron chi connectivity index (χ3n) is 4.39. The first-order valence-electron chi connectivity index (χ1n) is 8.99. The van der Waals surface area contributed by atoms with Crippen LogP contribution in [0.5, 0.6) is 0 Å². The molecule has 0 amide bonds. The lowest BCUT2D eigenvalue weighted by atomic mass is 10.1. The van der Waals surface area contributed by atoms with E-state index >= 15 is 0 Å². The Morgan fingerprint density at radius 3 is 2.22 bits per heavy atom. The summed E-state index contributed by atoms with van der Waals surface area (Å²) in [4.78, 5) is 27.8. The molecule has 0 radical (unpaired) electrons. The number of carboxylic acid groups (broad SMARTS) is 1. The summed E-state index contributed by atoms with van der Waals surface area (Å²) < 4.78 is 18.2. The molecule has 0 saturated carbocycles. The number of rotatable bonds is 6. The van der Waals surface area contributed by atoms with Crippen LogP contribution in [0.4, 0.5) is 4.39 Å². The highest BCUT2D eigenvalue weighted by molar-refractivity contribution is 5.86. The lowest BCUT2D eigenvalue weighted by Crippen LogP contribution is -2.61. The van der Waals surface area contributed by atoms with Crippen molar-refractivity contribution in [2.75, 3.05) is 26.2 Å². The van der Waals surface area contributed by atoms with Gasteiger partial charge in [-0.2, -0.15) is 0 Å². The third-order valence-corrected chi connectivity index (χ3v) is 4.39. The second-order valence-corrected chi connectivity index (χ2v) is 7.78. The van der Waals surface area contributed by atoms with E-state index in [1.165, 1.54) is 12.1 Å². The second kappa shape index (κ2) is 8.77. The van der Waals surface area contributed by atoms with Gasteiger partial charge >= 0.3 is 11.9 Å². The summed E-state index contributed by atoms with van der Waals surface area (Å²) in [5.41, 5.74) is 6.19. The number of benzene rings is 1. The van der Waals surface area contributed by atoms with Crippen LogP contribution in [-0.2, 0) is 20.9 Å². The van der Waals surface area contributed by atoms with Crippen molar-refractivity contribution in [2.45, 2.75) is 45.0 Å². The highest BCUT2D eigenvalue weighted by Crippen LogP contribution is 2.15. The van der Waals surface area contributed by atoms with Crippen LogP contribution in [0.2, 0.25) is 0 Å². The number of nitrogens with zero attached hydrogens (tertiary/aromatic N) is 2. The Labute approximate surface area is 158 Å². The summed E-state index contributed by atoms with van der Waals surface area (Å²) in [5, 5.41) is 9.59. The summed E-state index contributed by atoms with van der Waals surface area (Å²) in [6.07, 6.45) is 0. The van der Waals surface area contributed by atoms with Crippen molar-refractivity contribution in [3.8, 4) is 0 Å². The van der Waals surface area contributed by atoms with E-state index in [9.17, 15) is 19.1 Å². The molecule has 1 aromatic rings. The minimum absolute atomic E-state index is 0.274. The maximum absolute atomic E-state index is 13.0. The van der Waals surface area contributed by atoms with Gasteiger partial charge in [-0.1, -0.05) is 12.1 Å². The van der Waals surface area contributed by atoms with Gasteiger partial charge in [0.25, 0.3) is 0 Å². The zero-order valence-electron chi connectivity index (χ0n) is 16.0. The average molecular weight is 381 g/mol. The predicted octanol–water partition coefficient (Wildman–Crippen LogP) is 1.07. The molecule has 27 heavy (non-hydrogen) atoms. The lowest BCUT2D eigenvalue weighted by Gasteiger charge is -2.39. The number of carboxylic acids is 1. The highest BCUT2D eigenvalue weighted by atomic mass is 19.1. The lowest BCUT2D eigenvalue weighted by molar-refractivity contribution is -0.163. The van der Waals surface area contributed by atoms with E-state index < -0.39 is 29.6 Å². The van der Waals surface area contributed by atoms with Gasteiger partial charge in [-0.25, -0.2) is 4.39 Å². The number of hydrogen-bond donors (Lipinski definition) is 2. The standard InChI is InChI=1S/C19H28FN3O4/c1-19(2,3)27-18(26)15(21)16(17(24)25)23-10-8-22(9-11-23)12-13-4-6-14(20)7-5-13/h4-7,15-16H,8-12,21H2,1-3H3,(H,24,25). The van der Waals surface area contributed by atoms with Crippen molar-refractivity contribution in [3.05, 3.63) is 35.6 Å². The quantitative estimate of drug-likeness (QED) is 0.712. The number of piperazine rings is 1. The number of nitrogens with two attached hydrogens (primary N) is 1. The van der Waals surface area contributed by atoms with Crippen molar-refractivity contribution in [2.24, 2.45) is 5.73 Å². The van der Waals surface area contributed by atoms with Crippen molar-refractivity contribution in [1.29, 1.82) is 0 Å². The largest absolute Gasteiger partial charge is 0.480 e. The summed E-state index contributed by atoms with van der Waals surface area (Å²) in [6, 6.07) is 3.93. The summed E-state index contributed by atoms with van der Waals surface area (Å²) in [7, 11) is 0. The molecule has 0 aromatic heterocycles. The molecule has 150 valence electrons. The fourth-order valence-electron chi connectivity index (χ4n) is 3.08. The Morgan fingerprint density at radius 2 is 1.74 bits per heavy atom. The first-order valence-corrected chi connectivity index (χ1v) is 8.99. The van der Waals surface area contributed by atoms with Crippen molar-refractivity contribution >= 4 is 11.9 Å².